The SMILES string of the molecule is Cc1ccc2c(c1)c1ccccc1n2-c1c(-c2ccc(-n3c4ccccc4c4ccccc43)cc2)ccc(-n2c3ccccc3c3ccccc32)c1-n1c2ccccc2c2cc(C)ccc21. The molecule has 0 aliphatic rings. The fourth-order valence-corrected chi connectivity index (χ4v) is 11.3. The van der Waals surface area contributed by atoms with Gasteiger partial charge in [0.25, 0.3) is 0 Å². The van der Waals surface area contributed by atoms with Gasteiger partial charge >= 0.3 is 0 Å². The molecule has 4 heteroatoms. The summed E-state index contributed by atoms with van der Waals surface area (Å²) >= 11 is 0. The van der Waals surface area contributed by atoms with Crippen LogP contribution in [0.5, 0.6) is 0 Å². The monoisotopic (exact) mass is 842 g/mol. The molecule has 0 saturated carbocycles. The van der Waals surface area contributed by atoms with Gasteiger partial charge in [-0.05, 0) is 98.3 Å². The van der Waals surface area contributed by atoms with E-state index in [1.54, 1.807) is 0 Å². The smallest absolute Gasteiger partial charge is 0.0953 e. The predicted molar refractivity (Wildman–Crippen MR) is 279 cm³/mol. The van der Waals surface area contributed by atoms with Gasteiger partial charge in [0, 0.05) is 54.3 Å². The van der Waals surface area contributed by atoms with E-state index in [1.165, 1.54) is 92.8 Å². The highest BCUT2D eigenvalue weighted by atomic mass is 15.1. The van der Waals surface area contributed by atoms with Crippen LogP contribution in [-0.4, -0.2) is 18.3 Å². The zero-order valence-corrected chi connectivity index (χ0v) is 36.6. The van der Waals surface area contributed by atoms with Crippen LogP contribution < -0.4 is 0 Å². The molecule has 310 valence electrons. The molecule has 0 radical (unpaired) electrons. The summed E-state index contributed by atoms with van der Waals surface area (Å²) in [7, 11) is 0. The summed E-state index contributed by atoms with van der Waals surface area (Å²) in [5.74, 6) is 0. The molecule has 4 heterocycles. The van der Waals surface area contributed by atoms with Crippen LogP contribution in [0.25, 0.3) is 121 Å². The largest absolute Gasteiger partial charge is 0.309 e. The van der Waals surface area contributed by atoms with E-state index in [1.807, 2.05) is 0 Å². The lowest BCUT2D eigenvalue weighted by Crippen LogP contribution is -2.11. The fraction of sp³-hybridized carbons (Fsp3) is 0.0323. The summed E-state index contributed by atoms with van der Waals surface area (Å²) in [5.41, 5.74) is 18.6. The lowest BCUT2D eigenvalue weighted by molar-refractivity contribution is 1.05. The van der Waals surface area contributed by atoms with Crippen LogP contribution in [0, 0.1) is 13.8 Å². The van der Waals surface area contributed by atoms with E-state index in [2.05, 4.69) is 251 Å². The zero-order chi connectivity index (χ0) is 43.6. The van der Waals surface area contributed by atoms with Gasteiger partial charge < -0.3 is 18.3 Å². The Morgan fingerprint density at radius 2 is 0.606 bits per heavy atom. The average molecular weight is 843 g/mol. The van der Waals surface area contributed by atoms with Crippen LogP contribution in [0.4, 0.5) is 0 Å². The Balaban J connectivity index is 1.17. The minimum atomic E-state index is 1.11. The molecular weight excluding hydrogens is 801 g/mol. The second-order valence-corrected chi connectivity index (χ2v) is 17.9. The van der Waals surface area contributed by atoms with Crippen molar-refractivity contribution in [1.82, 2.24) is 18.3 Å². The normalized spacial score (nSPS) is 12.1. The van der Waals surface area contributed by atoms with Gasteiger partial charge in [0.15, 0.2) is 0 Å². The average Bonchev–Trinajstić information content (AvgIpc) is 4.08. The van der Waals surface area contributed by atoms with Crippen molar-refractivity contribution in [2.45, 2.75) is 13.8 Å². The summed E-state index contributed by atoms with van der Waals surface area (Å²) < 4.78 is 10.0. The first-order valence-corrected chi connectivity index (χ1v) is 22.9. The molecule has 10 aromatic carbocycles. The van der Waals surface area contributed by atoms with Crippen molar-refractivity contribution in [2.75, 3.05) is 0 Å². The van der Waals surface area contributed by atoms with Crippen LogP contribution in [0.1, 0.15) is 11.1 Å². The quantitative estimate of drug-likeness (QED) is 0.164. The molecule has 0 N–H and O–H groups in total. The first kappa shape index (κ1) is 36.8. The third-order valence-electron chi connectivity index (χ3n) is 14.1. The van der Waals surface area contributed by atoms with Crippen molar-refractivity contribution >= 4 is 87.2 Å². The maximum Gasteiger partial charge on any atom is 0.0953 e. The molecule has 14 rings (SSSR count). The Labute approximate surface area is 381 Å². The molecule has 0 fully saturated rings. The number of fused-ring (bicyclic) bond motifs is 12. The van der Waals surface area contributed by atoms with Crippen molar-refractivity contribution in [2.24, 2.45) is 0 Å². The Morgan fingerprint density at radius 1 is 0.258 bits per heavy atom. The minimum absolute atomic E-state index is 1.11. The highest BCUT2D eigenvalue weighted by Gasteiger charge is 2.27. The number of para-hydroxylation sites is 6. The summed E-state index contributed by atoms with van der Waals surface area (Å²) in [4.78, 5) is 0. The van der Waals surface area contributed by atoms with Crippen LogP contribution in [0.15, 0.2) is 218 Å². The van der Waals surface area contributed by atoms with Gasteiger partial charge in [-0.25, -0.2) is 0 Å². The maximum absolute atomic E-state index is 2.56. The number of benzene rings is 10. The standard InChI is InChI=1S/C62H42N4/c1-39-27-34-58-50(37-39)48-19-7-13-25-56(48)65(58)61-43(41-29-31-42(32-30-41)63-52-21-9-3-15-44(52)45-16-4-10-22-53(45)63)33-36-60(64-54-23-11-5-17-46(54)47-18-6-12-24-55(47)64)62(61)66-57-26-14-8-20-49(57)51-38-40(2)28-35-59(51)66/h3-38H,1-2H3. The van der Waals surface area contributed by atoms with E-state index in [0.29, 0.717) is 0 Å². The number of rotatable bonds is 5. The molecule has 0 bridgehead atoms. The van der Waals surface area contributed by atoms with Crippen molar-refractivity contribution < 1.29 is 0 Å². The summed E-state index contributed by atoms with van der Waals surface area (Å²) in [6, 6.07) is 81.0. The summed E-state index contributed by atoms with van der Waals surface area (Å²) in [6.45, 7) is 4.40. The number of aryl methyl sites for hydroxylation is 2. The van der Waals surface area contributed by atoms with Gasteiger partial charge in [-0.3, -0.25) is 0 Å². The van der Waals surface area contributed by atoms with E-state index < -0.39 is 0 Å². The van der Waals surface area contributed by atoms with E-state index in [4.69, 9.17) is 0 Å². The zero-order valence-electron chi connectivity index (χ0n) is 36.6. The third-order valence-corrected chi connectivity index (χ3v) is 14.1. The molecule has 0 spiro atoms. The van der Waals surface area contributed by atoms with Crippen LogP contribution >= 0.6 is 0 Å². The fourth-order valence-electron chi connectivity index (χ4n) is 11.3. The molecule has 66 heavy (non-hydrogen) atoms. The first-order valence-electron chi connectivity index (χ1n) is 22.9. The molecule has 0 unspecified atom stereocenters. The van der Waals surface area contributed by atoms with Gasteiger partial charge in [-0.2, -0.15) is 0 Å². The van der Waals surface area contributed by atoms with E-state index >= 15 is 0 Å². The molecule has 0 aliphatic carbocycles. The topological polar surface area (TPSA) is 19.7 Å². The second-order valence-electron chi connectivity index (χ2n) is 17.9. The predicted octanol–water partition coefficient (Wildman–Crippen LogP) is 16.4. The van der Waals surface area contributed by atoms with Gasteiger partial charge in [-0.1, -0.05) is 151 Å². The van der Waals surface area contributed by atoms with E-state index in [-0.39, 0.29) is 0 Å². The molecule has 0 atom stereocenters. The summed E-state index contributed by atoms with van der Waals surface area (Å²) in [6.07, 6.45) is 0. The number of hydrogen-bond donors (Lipinski definition) is 0. The molecule has 0 aliphatic heterocycles. The van der Waals surface area contributed by atoms with Crippen LogP contribution in [0.3, 0.4) is 0 Å². The van der Waals surface area contributed by atoms with Gasteiger partial charge in [-0.15, -0.1) is 0 Å². The number of aromatic nitrogens is 4. The highest BCUT2D eigenvalue weighted by Crippen LogP contribution is 2.47. The molecule has 0 saturated heterocycles. The Morgan fingerprint density at radius 3 is 1.05 bits per heavy atom. The second kappa shape index (κ2) is 13.9. The minimum Gasteiger partial charge on any atom is -0.309 e. The van der Waals surface area contributed by atoms with Crippen LogP contribution in [-0.2, 0) is 0 Å². The maximum atomic E-state index is 2.56. The number of nitrogens with zero attached hydrogens (tertiary/aromatic N) is 4. The lowest BCUT2D eigenvalue weighted by Gasteiger charge is -2.25. The highest BCUT2D eigenvalue weighted by molar-refractivity contribution is 6.15. The summed E-state index contributed by atoms with van der Waals surface area (Å²) in [5, 5.41) is 9.92. The van der Waals surface area contributed by atoms with Crippen molar-refractivity contribution in [3.05, 3.63) is 230 Å². The third kappa shape index (κ3) is 5.15. The Hall–Kier alpha value is -8.60. The lowest BCUT2D eigenvalue weighted by atomic mass is 9.99. The molecule has 0 amide bonds. The van der Waals surface area contributed by atoms with Gasteiger partial charge in [0.1, 0.15) is 0 Å². The molecule has 4 aromatic heterocycles. The molecular formula is C62H42N4. The first-order chi connectivity index (χ1) is 32.6. The number of hydrogen-bond acceptors (Lipinski definition) is 0. The van der Waals surface area contributed by atoms with Gasteiger partial charge in [0.05, 0.1) is 61.2 Å². The van der Waals surface area contributed by atoms with Crippen molar-refractivity contribution in [3.63, 3.8) is 0 Å². The van der Waals surface area contributed by atoms with E-state index in [9.17, 15) is 0 Å². The molecule has 14 aromatic rings. The van der Waals surface area contributed by atoms with E-state index in [0.717, 1.165) is 39.4 Å². The van der Waals surface area contributed by atoms with Crippen molar-refractivity contribution in [1.29, 1.82) is 0 Å². The van der Waals surface area contributed by atoms with Crippen molar-refractivity contribution in [3.8, 4) is 33.9 Å². The molecule has 4 nitrogen and oxygen atoms in total. The van der Waals surface area contributed by atoms with Gasteiger partial charge in [0.2, 0.25) is 0 Å². The van der Waals surface area contributed by atoms with Crippen LogP contribution in [0.2, 0.25) is 0 Å². The Kier molecular flexibility index (Phi) is 7.79. The Bertz CT molecular complexity index is 4200.